The molecule has 2 rings (SSSR count). The van der Waals surface area contributed by atoms with Crippen LogP contribution >= 0.6 is 0 Å². The molecule has 0 heterocycles. The smallest absolute Gasteiger partial charge is 0.315 e. The molecule has 2 saturated carbocycles. The molecule has 0 unspecified atom stereocenters. The van der Waals surface area contributed by atoms with Gasteiger partial charge in [-0.05, 0) is 31.1 Å². The molecule has 16 heavy (non-hydrogen) atoms. The number of amides is 2. The molecule has 5 heteroatoms. The SMILES string of the molecule is O=C(O)CC1(CNC(=O)NC2CC2)CCC1. The van der Waals surface area contributed by atoms with E-state index in [9.17, 15) is 9.59 Å². The molecular formula is C11H18N2O3. The van der Waals surface area contributed by atoms with Crippen LogP contribution in [-0.2, 0) is 4.79 Å². The number of carbonyl (C=O) groups excluding carboxylic acids is 1. The lowest BCUT2D eigenvalue weighted by molar-refractivity contribution is -0.141. The summed E-state index contributed by atoms with van der Waals surface area (Å²) in [6, 6.07) is 0.191. The third-order valence-electron chi connectivity index (χ3n) is 3.48. The monoisotopic (exact) mass is 226 g/mol. The molecule has 0 aromatic rings. The van der Waals surface area contributed by atoms with E-state index in [4.69, 9.17) is 5.11 Å². The molecule has 0 bridgehead atoms. The Labute approximate surface area is 94.6 Å². The highest BCUT2D eigenvalue weighted by Crippen LogP contribution is 2.43. The summed E-state index contributed by atoms with van der Waals surface area (Å²) in [4.78, 5) is 22.1. The van der Waals surface area contributed by atoms with Gasteiger partial charge in [0.25, 0.3) is 0 Å². The number of carboxylic acid groups (broad SMARTS) is 1. The number of hydrogen-bond acceptors (Lipinski definition) is 2. The number of hydrogen-bond donors (Lipinski definition) is 3. The molecule has 90 valence electrons. The highest BCUT2D eigenvalue weighted by Gasteiger charge is 2.39. The molecule has 0 saturated heterocycles. The molecule has 2 fully saturated rings. The van der Waals surface area contributed by atoms with E-state index in [0.717, 1.165) is 32.1 Å². The van der Waals surface area contributed by atoms with Gasteiger partial charge < -0.3 is 15.7 Å². The van der Waals surface area contributed by atoms with Gasteiger partial charge in [0.05, 0.1) is 6.42 Å². The van der Waals surface area contributed by atoms with E-state index in [-0.39, 0.29) is 17.9 Å². The molecule has 0 aromatic heterocycles. The van der Waals surface area contributed by atoms with E-state index in [2.05, 4.69) is 10.6 Å². The highest BCUT2D eigenvalue weighted by molar-refractivity contribution is 5.75. The predicted molar refractivity (Wildman–Crippen MR) is 58.1 cm³/mol. The van der Waals surface area contributed by atoms with Gasteiger partial charge in [-0.3, -0.25) is 4.79 Å². The lowest BCUT2D eigenvalue weighted by Gasteiger charge is -2.40. The zero-order valence-electron chi connectivity index (χ0n) is 9.29. The van der Waals surface area contributed by atoms with Crippen LogP contribution in [0.3, 0.4) is 0 Å². The van der Waals surface area contributed by atoms with Crippen LogP contribution < -0.4 is 10.6 Å². The van der Waals surface area contributed by atoms with Gasteiger partial charge in [-0.15, -0.1) is 0 Å². The van der Waals surface area contributed by atoms with Gasteiger partial charge in [0.1, 0.15) is 0 Å². The second kappa shape index (κ2) is 4.31. The van der Waals surface area contributed by atoms with Crippen molar-refractivity contribution < 1.29 is 14.7 Å². The van der Waals surface area contributed by atoms with Crippen molar-refractivity contribution in [3.05, 3.63) is 0 Å². The maximum atomic E-state index is 11.4. The first-order valence-electron chi connectivity index (χ1n) is 5.86. The summed E-state index contributed by atoms with van der Waals surface area (Å²) >= 11 is 0. The summed E-state index contributed by atoms with van der Waals surface area (Å²) < 4.78 is 0. The molecule has 3 N–H and O–H groups in total. The molecule has 0 aliphatic heterocycles. The minimum Gasteiger partial charge on any atom is -0.481 e. The minimum atomic E-state index is -0.774. The quantitative estimate of drug-likeness (QED) is 0.656. The third kappa shape index (κ3) is 2.87. The summed E-state index contributed by atoms with van der Waals surface area (Å²) in [5.41, 5.74) is -0.188. The minimum absolute atomic E-state index is 0.154. The van der Waals surface area contributed by atoms with E-state index in [1.165, 1.54) is 0 Å². The zero-order chi connectivity index (χ0) is 11.6. The van der Waals surface area contributed by atoms with Crippen molar-refractivity contribution in [1.29, 1.82) is 0 Å². The van der Waals surface area contributed by atoms with Crippen LogP contribution in [0.4, 0.5) is 4.79 Å². The van der Waals surface area contributed by atoms with Crippen molar-refractivity contribution >= 4 is 12.0 Å². The highest BCUT2D eigenvalue weighted by atomic mass is 16.4. The second-order valence-electron chi connectivity index (χ2n) is 5.03. The van der Waals surface area contributed by atoms with Crippen molar-refractivity contribution in [3.63, 3.8) is 0 Å². The number of nitrogens with one attached hydrogen (secondary N) is 2. The van der Waals surface area contributed by atoms with E-state index in [1.54, 1.807) is 0 Å². The molecule has 0 spiro atoms. The second-order valence-corrected chi connectivity index (χ2v) is 5.03. The van der Waals surface area contributed by atoms with Crippen molar-refractivity contribution in [3.8, 4) is 0 Å². The van der Waals surface area contributed by atoms with E-state index in [0.29, 0.717) is 12.6 Å². The fourth-order valence-corrected chi connectivity index (χ4v) is 2.15. The Hall–Kier alpha value is -1.26. The Balaban J connectivity index is 1.73. The van der Waals surface area contributed by atoms with Gasteiger partial charge in [0, 0.05) is 12.6 Å². The summed E-state index contributed by atoms with van der Waals surface area (Å²) in [6.07, 6.45) is 5.17. The topological polar surface area (TPSA) is 78.4 Å². The maximum absolute atomic E-state index is 11.4. The van der Waals surface area contributed by atoms with Crippen LogP contribution in [0.5, 0.6) is 0 Å². The van der Waals surface area contributed by atoms with Crippen LogP contribution in [0, 0.1) is 5.41 Å². The first-order valence-corrected chi connectivity index (χ1v) is 5.86. The molecule has 0 aromatic carbocycles. The van der Waals surface area contributed by atoms with Gasteiger partial charge in [-0.1, -0.05) is 6.42 Å². The number of rotatable bonds is 5. The number of carbonyl (C=O) groups is 2. The average molecular weight is 226 g/mol. The van der Waals surface area contributed by atoms with Crippen LogP contribution in [0.1, 0.15) is 38.5 Å². The Bertz CT molecular complexity index is 296. The first-order chi connectivity index (χ1) is 7.60. The number of urea groups is 1. The summed E-state index contributed by atoms with van der Waals surface area (Å²) in [5.74, 6) is -0.774. The fraction of sp³-hybridized carbons (Fsp3) is 0.818. The molecule has 2 aliphatic rings. The molecule has 2 amide bonds. The van der Waals surface area contributed by atoms with Gasteiger partial charge in [0.2, 0.25) is 0 Å². The lowest BCUT2D eigenvalue weighted by Crippen LogP contribution is -2.47. The van der Waals surface area contributed by atoms with Crippen LogP contribution in [0.15, 0.2) is 0 Å². The maximum Gasteiger partial charge on any atom is 0.315 e. The van der Waals surface area contributed by atoms with Crippen molar-refractivity contribution in [2.75, 3.05) is 6.54 Å². The summed E-state index contributed by atoms with van der Waals surface area (Å²) in [6.45, 7) is 0.484. The van der Waals surface area contributed by atoms with Crippen molar-refractivity contribution in [1.82, 2.24) is 10.6 Å². The number of carboxylic acids is 1. The van der Waals surface area contributed by atoms with E-state index >= 15 is 0 Å². The van der Waals surface area contributed by atoms with Gasteiger partial charge in [0.15, 0.2) is 0 Å². The van der Waals surface area contributed by atoms with Gasteiger partial charge in [-0.2, -0.15) is 0 Å². The largest absolute Gasteiger partial charge is 0.481 e. The van der Waals surface area contributed by atoms with E-state index in [1.807, 2.05) is 0 Å². The molecule has 0 atom stereocenters. The summed E-state index contributed by atoms with van der Waals surface area (Å²) in [7, 11) is 0. The Morgan fingerprint density at radius 1 is 1.31 bits per heavy atom. The van der Waals surface area contributed by atoms with Gasteiger partial charge >= 0.3 is 12.0 Å². The van der Waals surface area contributed by atoms with E-state index < -0.39 is 5.97 Å². The molecule has 2 aliphatic carbocycles. The predicted octanol–water partition coefficient (Wildman–Crippen LogP) is 1.09. The standard InChI is InChI=1S/C11H18N2O3/c14-9(15)6-11(4-1-5-11)7-12-10(16)13-8-2-3-8/h8H,1-7H2,(H,14,15)(H2,12,13,16). The molecule has 5 nitrogen and oxygen atoms in total. The number of aliphatic carboxylic acids is 1. The first kappa shape index (κ1) is 11.2. The Morgan fingerprint density at radius 2 is 2.00 bits per heavy atom. The Kier molecular flexibility index (Phi) is 3.03. The zero-order valence-corrected chi connectivity index (χ0v) is 9.29. The molecular weight excluding hydrogens is 208 g/mol. The van der Waals surface area contributed by atoms with Crippen molar-refractivity contribution in [2.24, 2.45) is 5.41 Å². The molecule has 0 radical (unpaired) electrons. The van der Waals surface area contributed by atoms with Crippen LogP contribution in [0.25, 0.3) is 0 Å². The van der Waals surface area contributed by atoms with Gasteiger partial charge in [-0.25, -0.2) is 4.79 Å². The third-order valence-corrected chi connectivity index (χ3v) is 3.48. The fourth-order valence-electron chi connectivity index (χ4n) is 2.15. The normalized spacial score (nSPS) is 22.0. The van der Waals surface area contributed by atoms with Crippen LogP contribution in [0.2, 0.25) is 0 Å². The summed E-state index contributed by atoms with van der Waals surface area (Å²) in [5, 5.41) is 14.4. The van der Waals surface area contributed by atoms with Crippen molar-refractivity contribution in [2.45, 2.75) is 44.6 Å². The lowest BCUT2D eigenvalue weighted by atomic mass is 9.66. The van der Waals surface area contributed by atoms with Crippen LogP contribution in [-0.4, -0.2) is 29.7 Å². The average Bonchev–Trinajstić information content (AvgIpc) is 2.92. The Morgan fingerprint density at radius 3 is 2.44 bits per heavy atom.